The van der Waals surface area contributed by atoms with Gasteiger partial charge < -0.3 is 9.47 Å². The Balaban J connectivity index is 1.76. The number of halogens is 1. The molecule has 0 spiro atoms. The van der Waals surface area contributed by atoms with Gasteiger partial charge in [0.2, 0.25) is 0 Å². The smallest absolute Gasteiger partial charge is 0.185 e. The van der Waals surface area contributed by atoms with E-state index in [-0.39, 0.29) is 23.8 Å². The number of aryl methyl sites for hydroxylation is 1. The number of ether oxygens (including phenoxy) is 2. The maximum absolute atomic E-state index is 13.2. The third kappa shape index (κ3) is 2.73. The zero-order valence-electron chi connectivity index (χ0n) is 14.8. The van der Waals surface area contributed by atoms with Crippen molar-refractivity contribution in [2.24, 2.45) is 0 Å². The van der Waals surface area contributed by atoms with E-state index in [1.807, 2.05) is 38.6 Å². The minimum absolute atomic E-state index is 0.0227. The monoisotopic (exact) mass is 340 g/mol. The molecule has 1 saturated heterocycles. The van der Waals surface area contributed by atoms with Crippen molar-refractivity contribution in [1.29, 1.82) is 0 Å². The molecular formula is C20H21FN2O2. The molecule has 5 heteroatoms. The molecule has 130 valence electrons. The van der Waals surface area contributed by atoms with Crippen molar-refractivity contribution in [1.82, 2.24) is 9.78 Å². The lowest BCUT2D eigenvalue weighted by atomic mass is 10.0. The minimum Gasteiger partial charge on any atom is -0.342 e. The zero-order valence-corrected chi connectivity index (χ0v) is 14.8. The number of rotatable bonds is 2. The number of nitrogens with zero attached hydrogens (tertiary/aromatic N) is 2. The highest BCUT2D eigenvalue weighted by molar-refractivity contribution is 5.82. The summed E-state index contributed by atoms with van der Waals surface area (Å²) in [6.45, 7) is 8.15. The van der Waals surface area contributed by atoms with E-state index in [9.17, 15) is 4.39 Å². The first-order chi connectivity index (χ1) is 11.8. The second-order valence-electron chi connectivity index (χ2n) is 7.13. The first kappa shape index (κ1) is 16.2. The zero-order chi connectivity index (χ0) is 17.8. The largest absolute Gasteiger partial charge is 0.342 e. The summed E-state index contributed by atoms with van der Waals surface area (Å²) in [7, 11) is 0. The van der Waals surface area contributed by atoms with E-state index in [1.54, 1.807) is 12.1 Å². The normalized spacial score (nSPS) is 22.6. The third-order valence-corrected chi connectivity index (χ3v) is 5.00. The maximum Gasteiger partial charge on any atom is 0.185 e. The van der Waals surface area contributed by atoms with E-state index >= 15 is 0 Å². The van der Waals surface area contributed by atoms with Gasteiger partial charge in [0.1, 0.15) is 5.82 Å². The molecule has 2 unspecified atom stereocenters. The second-order valence-corrected chi connectivity index (χ2v) is 7.13. The molecule has 2 aromatic carbocycles. The molecule has 3 aromatic rings. The first-order valence-electron chi connectivity index (χ1n) is 8.43. The quantitative estimate of drug-likeness (QED) is 0.679. The van der Waals surface area contributed by atoms with E-state index < -0.39 is 0 Å². The number of hydrogen-bond donors (Lipinski definition) is 0. The van der Waals surface area contributed by atoms with E-state index in [0.29, 0.717) is 0 Å². The molecule has 1 aromatic heterocycles. The molecule has 2 atom stereocenters. The van der Waals surface area contributed by atoms with Gasteiger partial charge in [-0.3, -0.25) is 0 Å². The van der Waals surface area contributed by atoms with E-state index in [0.717, 1.165) is 27.7 Å². The molecule has 0 N–H and O–H groups in total. The third-order valence-electron chi connectivity index (χ3n) is 5.00. The van der Waals surface area contributed by atoms with Crippen molar-refractivity contribution >= 4 is 10.9 Å². The summed E-state index contributed by atoms with van der Waals surface area (Å²) < 4.78 is 27.1. The van der Waals surface area contributed by atoms with Crippen LogP contribution in [0, 0.1) is 12.7 Å². The molecular weight excluding hydrogens is 319 g/mol. The molecule has 4 nitrogen and oxygen atoms in total. The summed E-state index contributed by atoms with van der Waals surface area (Å²) in [4.78, 5) is 0. The molecule has 0 radical (unpaired) electrons. The molecule has 1 aliphatic heterocycles. The molecule has 1 fully saturated rings. The van der Waals surface area contributed by atoms with Gasteiger partial charge in [-0.05, 0) is 69.7 Å². The molecule has 0 saturated carbocycles. The van der Waals surface area contributed by atoms with Crippen LogP contribution in [0.2, 0.25) is 0 Å². The van der Waals surface area contributed by atoms with Gasteiger partial charge in [-0.1, -0.05) is 0 Å². The van der Waals surface area contributed by atoms with Crippen LogP contribution in [-0.4, -0.2) is 21.5 Å². The Hall–Kier alpha value is -2.24. The number of fused-ring (bicyclic) bond motifs is 1. The summed E-state index contributed by atoms with van der Waals surface area (Å²) in [5.74, 6) is -0.258. The molecule has 25 heavy (non-hydrogen) atoms. The van der Waals surface area contributed by atoms with Crippen LogP contribution >= 0.6 is 0 Å². The molecule has 0 aliphatic carbocycles. The summed E-state index contributed by atoms with van der Waals surface area (Å²) in [6.07, 6.45) is 1.46. The van der Waals surface area contributed by atoms with Gasteiger partial charge in [0.15, 0.2) is 6.29 Å². The van der Waals surface area contributed by atoms with Crippen LogP contribution in [0.25, 0.3) is 16.6 Å². The van der Waals surface area contributed by atoms with Crippen molar-refractivity contribution in [3.63, 3.8) is 0 Å². The van der Waals surface area contributed by atoms with Crippen LogP contribution in [0.5, 0.6) is 0 Å². The predicted molar refractivity (Wildman–Crippen MR) is 94.2 cm³/mol. The van der Waals surface area contributed by atoms with E-state index in [4.69, 9.17) is 9.47 Å². The van der Waals surface area contributed by atoms with Crippen LogP contribution in [0.15, 0.2) is 42.6 Å². The van der Waals surface area contributed by atoms with Gasteiger partial charge in [0.05, 0.1) is 29.1 Å². The highest BCUT2D eigenvalue weighted by Gasteiger charge is 2.41. The average Bonchev–Trinajstić information content (AvgIpc) is 3.08. The lowest BCUT2D eigenvalue weighted by molar-refractivity contribution is -0.0834. The molecule has 1 aliphatic rings. The first-order valence-corrected chi connectivity index (χ1v) is 8.43. The summed E-state index contributed by atoms with van der Waals surface area (Å²) in [5, 5.41) is 5.46. The fraction of sp³-hybridized carbons (Fsp3) is 0.350. The van der Waals surface area contributed by atoms with E-state index in [2.05, 4.69) is 17.2 Å². The van der Waals surface area contributed by atoms with Gasteiger partial charge in [0.25, 0.3) is 0 Å². The molecule has 0 bridgehead atoms. The highest BCUT2D eigenvalue weighted by Crippen LogP contribution is 2.39. The lowest BCUT2D eigenvalue weighted by Gasteiger charge is -2.20. The van der Waals surface area contributed by atoms with Gasteiger partial charge in [-0.15, -0.1) is 0 Å². The summed E-state index contributed by atoms with van der Waals surface area (Å²) in [6, 6.07) is 10.5. The fourth-order valence-corrected chi connectivity index (χ4v) is 3.12. The van der Waals surface area contributed by atoms with Crippen molar-refractivity contribution in [3.8, 4) is 5.69 Å². The van der Waals surface area contributed by atoms with Crippen molar-refractivity contribution in [2.45, 2.75) is 45.7 Å². The fourth-order valence-electron chi connectivity index (χ4n) is 3.12. The summed E-state index contributed by atoms with van der Waals surface area (Å²) >= 11 is 0. The lowest BCUT2D eigenvalue weighted by Crippen LogP contribution is -2.29. The highest BCUT2D eigenvalue weighted by atomic mass is 19.1. The van der Waals surface area contributed by atoms with Crippen molar-refractivity contribution in [3.05, 3.63) is 59.5 Å². The Labute approximate surface area is 146 Å². The molecule has 2 heterocycles. The number of aromatic nitrogens is 2. The van der Waals surface area contributed by atoms with Crippen LogP contribution in [0.4, 0.5) is 4.39 Å². The Bertz CT molecular complexity index is 931. The van der Waals surface area contributed by atoms with Crippen molar-refractivity contribution in [2.75, 3.05) is 0 Å². The van der Waals surface area contributed by atoms with Crippen molar-refractivity contribution < 1.29 is 13.9 Å². The SMILES string of the molecule is Cc1cc2c(cnn2-c2ccc(F)cc2)cc1C1OC(C)C(C)(C)O1. The topological polar surface area (TPSA) is 36.3 Å². The van der Waals surface area contributed by atoms with Gasteiger partial charge in [-0.25, -0.2) is 9.07 Å². The standard InChI is InChI=1S/C20H21FN2O2/c1-12-9-18-14(10-17(12)19-24-13(2)20(3,4)25-19)11-22-23(18)16-7-5-15(21)6-8-16/h5-11,13,19H,1-4H3. The van der Waals surface area contributed by atoms with Crippen LogP contribution in [0.1, 0.15) is 38.2 Å². The number of benzene rings is 2. The Morgan fingerprint density at radius 3 is 2.52 bits per heavy atom. The Kier molecular flexibility index (Phi) is 3.67. The van der Waals surface area contributed by atoms with E-state index in [1.165, 1.54) is 12.1 Å². The van der Waals surface area contributed by atoms with Gasteiger partial charge in [0, 0.05) is 10.9 Å². The minimum atomic E-state index is -0.372. The predicted octanol–water partition coefficient (Wildman–Crippen LogP) is 4.69. The van der Waals surface area contributed by atoms with Crippen LogP contribution < -0.4 is 0 Å². The second kappa shape index (κ2) is 5.64. The van der Waals surface area contributed by atoms with Gasteiger partial charge >= 0.3 is 0 Å². The van der Waals surface area contributed by atoms with Crippen LogP contribution in [0.3, 0.4) is 0 Å². The summed E-state index contributed by atoms with van der Waals surface area (Å²) in [5.41, 5.74) is 3.57. The Morgan fingerprint density at radius 2 is 1.88 bits per heavy atom. The Morgan fingerprint density at radius 1 is 1.16 bits per heavy atom. The molecule has 0 amide bonds. The maximum atomic E-state index is 13.2. The average molecular weight is 340 g/mol. The van der Waals surface area contributed by atoms with Gasteiger partial charge in [-0.2, -0.15) is 5.10 Å². The molecule has 4 rings (SSSR count). The van der Waals surface area contributed by atoms with Crippen LogP contribution in [-0.2, 0) is 9.47 Å². The number of hydrogen-bond acceptors (Lipinski definition) is 3.